The molecule has 1 aromatic carbocycles. The molecule has 2 rings (SSSR count). The SMILES string of the molecule is Oc1ccc(OCCOCCNC2CCCCC2)cc1. The maximum Gasteiger partial charge on any atom is 0.119 e. The van der Waals surface area contributed by atoms with Gasteiger partial charge in [-0.3, -0.25) is 0 Å². The van der Waals surface area contributed by atoms with Crippen LogP contribution in [-0.4, -0.2) is 37.5 Å². The number of nitrogens with one attached hydrogen (secondary N) is 1. The number of rotatable bonds is 8. The zero-order valence-electron chi connectivity index (χ0n) is 12.0. The van der Waals surface area contributed by atoms with E-state index in [0.717, 1.165) is 18.9 Å². The first kappa shape index (κ1) is 15.1. The Hall–Kier alpha value is -1.26. The fourth-order valence-electron chi connectivity index (χ4n) is 2.50. The molecule has 0 aromatic heterocycles. The van der Waals surface area contributed by atoms with Crippen LogP contribution < -0.4 is 10.1 Å². The summed E-state index contributed by atoms with van der Waals surface area (Å²) in [6, 6.07) is 7.43. The van der Waals surface area contributed by atoms with Crippen LogP contribution in [0, 0.1) is 0 Å². The minimum absolute atomic E-state index is 0.252. The van der Waals surface area contributed by atoms with Gasteiger partial charge in [0, 0.05) is 12.6 Å². The second kappa shape index (κ2) is 8.82. The van der Waals surface area contributed by atoms with Crippen molar-refractivity contribution in [1.29, 1.82) is 0 Å². The average Bonchev–Trinajstić information content (AvgIpc) is 2.49. The van der Waals surface area contributed by atoms with Crippen molar-refractivity contribution in [3.05, 3.63) is 24.3 Å². The Kier molecular flexibility index (Phi) is 6.68. The van der Waals surface area contributed by atoms with Crippen LogP contribution in [0.5, 0.6) is 11.5 Å². The lowest BCUT2D eigenvalue weighted by atomic mass is 9.96. The lowest BCUT2D eigenvalue weighted by molar-refractivity contribution is 0.0993. The van der Waals surface area contributed by atoms with Crippen molar-refractivity contribution in [1.82, 2.24) is 5.32 Å². The van der Waals surface area contributed by atoms with Crippen molar-refractivity contribution in [3.63, 3.8) is 0 Å². The Balaban J connectivity index is 1.44. The number of hydrogen-bond acceptors (Lipinski definition) is 4. The number of phenols is 1. The van der Waals surface area contributed by atoms with Crippen LogP contribution in [0.3, 0.4) is 0 Å². The van der Waals surface area contributed by atoms with Gasteiger partial charge in [0.2, 0.25) is 0 Å². The summed E-state index contributed by atoms with van der Waals surface area (Å²) in [5.41, 5.74) is 0. The number of ether oxygens (including phenoxy) is 2. The molecule has 0 saturated heterocycles. The fourth-order valence-corrected chi connectivity index (χ4v) is 2.50. The van der Waals surface area contributed by atoms with Crippen molar-refractivity contribution in [2.24, 2.45) is 0 Å². The quantitative estimate of drug-likeness (QED) is 0.718. The van der Waals surface area contributed by atoms with Gasteiger partial charge in [-0.1, -0.05) is 19.3 Å². The molecule has 20 heavy (non-hydrogen) atoms. The van der Waals surface area contributed by atoms with Gasteiger partial charge in [0.1, 0.15) is 18.1 Å². The molecule has 0 heterocycles. The highest BCUT2D eigenvalue weighted by molar-refractivity contribution is 5.29. The van der Waals surface area contributed by atoms with Gasteiger partial charge in [0.05, 0.1) is 13.2 Å². The molecular formula is C16H25NO3. The van der Waals surface area contributed by atoms with Gasteiger partial charge in [0.15, 0.2) is 0 Å². The predicted molar refractivity (Wildman–Crippen MR) is 79.3 cm³/mol. The molecule has 112 valence electrons. The minimum atomic E-state index is 0.252. The van der Waals surface area contributed by atoms with Gasteiger partial charge in [-0.2, -0.15) is 0 Å². The van der Waals surface area contributed by atoms with Gasteiger partial charge in [0.25, 0.3) is 0 Å². The first-order chi connectivity index (χ1) is 9.84. The van der Waals surface area contributed by atoms with Gasteiger partial charge >= 0.3 is 0 Å². The van der Waals surface area contributed by atoms with E-state index in [4.69, 9.17) is 14.6 Å². The standard InChI is InChI=1S/C16H25NO3/c18-15-6-8-16(9-7-15)20-13-12-19-11-10-17-14-4-2-1-3-5-14/h6-9,14,17-18H,1-5,10-13H2. The second-order valence-electron chi connectivity index (χ2n) is 5.24. The Labute approximate surface area is 121 Å². The molecule has 0 spiro atoms. The highest BCUT2D eigenvalue weighted by Gasteiger charge is 2.11. The molecule has 4 heteroatoms. The van der Waals surface area contributed by atoms with E-state index in [1.807, 2.05) is 0 Å². The Morgan fingerprint density at radius 1 is 1.00 bits per heavy atom. The first-order valence-electron chi connectivity index (χ1n) is 7.57. The third-order valence-electron chi connectivity index (χ3n) is 3.62. The minimum Gasteiger partial charge on any atom is -0.508 e. The molecule has 2 N–H and O–H groups in total. The third kappa shape index (κ3) is 5.80. The average molecular weight is 279 g/mol. The topological polar surface area (TPSA) is 50.7 Å². The van der Waals surface area contributed by atoms with E-state index >= 15 is 0 Å². The molecule has 1 aliphatic rings. The zero-order valence-corrected chi connectivity index (χ0v) is 12.0. The van der Waals surface area contributed by atoms with E-state index in [1.165, 1.54) is 32.1 Å². The van der Waals surface area contributed by atoms with Crippen molar-refractivity contribution in [2.75, 3.05) is 26.4 Å². The molecule has 0 unspecified atom stereocenters. The van der Waals surface area contributed by atoms with Crippen LogP contribution in [0.25, 0.3) is 0 Å². The summed E-state index contributed by atoms with van der Waals surface area (Å²) in [7, 11) is 0. The fraction of sp³-hybridized carbons (Fsp3) is 0.625. The van der Waals surface area contributed by atoms with Crippen LogP contribution in [0.15, 0.2) is 24.3 Å². The first-order valence-corrected chi connectivity index (χ1v) is 7.57. The van der Waals surface area contributed by atoms with E-state index in [0.29, 0.717) is 19.3 Å². The van der Waals surface area contributed by atoms with E-state index in [-0.39, 0.29) is 5.75 Å². The van der Waals surface area contributed by atoms with Crippen LogP contribution in [0.4, 0.5) is 0 Å². The number of aromatic hydroxyl groups is 1. The molecule has 0 radical (unpaired) electrons. The maximum atomic E-state index is 9.15. The maximum absolute atomic E-state index is 9.15. The van der Waals surface area contributed by atoms with Gasteiger partial charge in [-0.05, 0) is 37.1 Å². The summed E-state index contributed by atoms with van der Waals surface area (Å²) in [5.74, 6) is 1.01. The summed E-state index contributed by atoms with van der Waals surface area (Å²) >= 11 is 0. The molecule has 0 aliphatic heterocycles. The van der Waals surface area contributed by atoms with Crippen LogP contribution in [-0.2, 0) is 4.74 Å². The zero-order chi connectivity index (χ0) is 14.0. The number of benzene rings is 1. The monoisotopic (exact) mass is 279 g/mol. The third-order valence-corrected chi connectivity index (χ3v) is 3.62. The summed E-state index contributed by atoms with van der Waals surface area (Å²) in [5, 5.41) is 12.7. The molecule has 0 bridgehead atoms. The molecule has 1 saturated carbocycles. The van der Waals surface area contributed by atoms with Gasteiger partial charge in [-0.15, -0.1) is 0 Å². The molecule has 0 atom stereocenters. The number of phenolic OH excluding ortho intramolecular Hbond substituents is 1. The van der Waals surface area contributed by atoms with Gasteiger partial charge < -0.3 is 19.9 Å². The Morgan fingerprint density at radius 3 is 2.50 bits per heavy atom. The van der Waals surface area contributed by atoms with E-state index in [9.17, 15) is 0 Å². The van der Waals surface area contributed by atoms with E-state index < -0.39 is 0 Å². The lowest BCUT2D eigenvalue weighted by Crippen LogP contribution is -2.33. The summed E-state index contributed by atoms with van der Waals surface area (Å²) in [4.78, 5) is 0. The lowest BCUT2D eigenvalue weighted by Gasteiger charge is -2.22. The molecular weight excluding hydrogens is 254 g/mol. The van der Waals surface area contributed by atoms with Crippen molar-refractivity contribution < 1.29 is 14.6 Å². The second-order valence-corrected chi connectivity index (χ2v) is 5.24. The van der Waals surface area contributed by atoms with Crippen molar-refractivity contribution >= 4 is 0 Å². The summed E-state index contributed by atoms with van der Waals surface area (Å²) < 4.78 is 11.0. The highest BCUT2D eigenvalue weighted by atomic mass is 16.5. The smallest absolute Gasteiger partial charge is 0.119 e. The van der Waals surface area contributed by atoms with Crippen LogP contribution in [0.2, 0.25) is 0 Å². The van der Waals surface area contributed by atoms with E-state index in [1.54, 1.807) is 24.3 Å². The van der Waals surface area contributed by atoms with Crippen LogP contribution in [0.1, 0.15) is 32.1 Å². The summed E-state index contributed by atoms with van der Waals surface area (Å²) in [6.07, 6.45) is 6.73. The van der Waals surface area contributed by atoms with Crippen molar-refractivity contribution in [2.45, 2.75) is 38.1 Å². The molecule has 0 amide bonds. The molecule has 1 fully saturated rings. The predicted octanol–water partition coefficient (Wildman–Crippen LogP) is 2.71. The largest absolute Gasteiger partial charge is 0.508 e. The number of hydrogen-bond donors (Lipinski definition) is 2. The Morgan fingerprint density at radius 2 is 1.75 bits per heavy atom. The summed E-state index contributed by atoms with van der Waals surface area (Å²) in [6.45, 7) is 2.78. The normalized spacial score (nSPS) is 16.2. The van der Waals surface area contributed by atoms with Gasteiger partial charge in [-0.25, -0.2) is 0 Å². The van der Waals surface area contributed by atoms with Crippen LogP contribution >= 0.6 is 0 Å². The molecule has 1 aliphatic carbocycles. The Bertz CT molecular complexity index is 360. The highest BCUT2D eigenvalue weighted by Crippen LogP contribution is 2.17. The van der Waals surface area contributed by atoms with Crippen molar-refractivity contribution in [3.8, 4) is 11.5 Å². The molecule has 1 aromatic rings. The molecule has 4 nitrogen and oxygen atoms in total. The van der Waals surface area contributed by atoms with E-state index in [2.05, 4.69) is 5.32 Å².